The van der Waals surface area contributed by atoms with E-state index in [-0.39, 0.29) is 13.2 Å². The van der Waals surface area contributed by atoms with Crippen molar-refractivity contribution in [3.05, 3.63) is 0 Å². The van der Waals surface area contributed by atoms with Crippen molar-refractivity contribution in [1.29, 1.82) is 0 Å². The van der Waals surface area contributed by atoms with Crippen molar-refractivity contribution < 1.29 is 33.3 Å². The molecule has 0 aliphatic carbocycles. The van der Waals surface area contributed by atoms with Crippen LogP contribution in [-0.2, 0) is 33.3 Å². The van der Waals surface area contributed by atoms with Crippen molar-refractivity contribution in [1.82, 2.24) is 0 Å². The van der Waals surface area contributed by atoms with E-state index in [1.807, 2.05) is 0 Å². The van der Waals surface area contributed by atoms with Crippen LogP contribution in [0.4, 0.5) is 0 Å². The minimum absolute atomic E-state index is 0.153. The second-order valence-corrected chi connectivity index (χ2v) is 7.02. The number of carbonyl (C=O) groups is 2. The lowest BCUT2D eigenvalue weighted by Crippen LogP contribution is -2.50. The molecule has 2 heterocycles. The zero-order valence-corrected chi connectivity index (χ0v) is 14.6. The molecule has 0 radical (unpaired) electrons. The topological polar surface area (TPSA) is 80.3 Å². The summed E-state index contributed by atoms with van der Waals surface area (Å²) >= 11 is 0. The molecule has 0 saturated carbocycles. The first kappa shape index (κ1) is 18.3. The first-order valence-electron chi connectivity index (χ1n) is 7.90. The van der Waals surface area contributed by atoms with Crippen LogP contribution in [0, 0.1) is 11.8 Å². The summed E-state index contributed by atoms with van der Waals surface area (Å²) in [5, 5.41) is 0. The van der Waals surface area contributed by atoms with Crippen molar-refractivity contribution in [2.24, 2.45) is 11.8 Å². The Kier molecular flexibility index (Phi) is 5.15. The molecule has 0 aromatic rings. The molecular weight excluding hydrogens is 304 g/mol. The van der Waals surface area contributed by atoms with Gasteiger partial charge in [0.25, 0.3) is 0 Å². The van der Waals surface area contributed by atoms with E-state index in [1.165, 1.54) is 0 Å². The van der Waals surface area contributed by atoms with Gasteiger partial charge >= 0.3 is 11.9 Å². The van der Waals surface area contributed by atoms with Crippen molar-refractivity contribution in [3.63, 3.8) is 0 Å². The van der Waals surface area contributed by atoms with E-state index in [9.17, 15) is 9.59 Å². The van der Waals surface area contributed by atoms with Crippen molar-refractivity contribution in [3.8, 4) is 0 Å². The van der Waals surface area contributed by atoms with E-state index in [2.05, 4.69) is 0 Å². The molecule has 0 bridgehead atoms. The Morgan fingerprint density at radius 3 is 1.48 bits per heavy atom. The minimum Gasteiger partial charge on any atom is -0.392 e. The Labute approximate surface area is 136 Å². The number of hydrogen-bond donors (Lipinski definition) is 0. The predicted molar refractivity (Wildman–Crippen MR) is 79.2 cm³/mol. The third kappa shape index (κ3) is 4.50. The summed E-state index contributed by atoms with van der Waals surface area (Å²) in [4.78, 5) is 24.4. The normalized spacial score (nSPS) is 36.3. The summed E-state index contributed by atoms with van der Waals surface area (Å²) in [5.74, 6) is -4.05. The Morgan fingerprint density at radius 2 is 1.17 bits per heavy atom. The average molecular weight is 330 g/mol. The van der Waals surface area contributed by atoms with Crippen molar-refractivity contribution in [2.75, 3.05) is 13.2 Å². The molecule has 0 aromatic heterocycles. The quantitative estimate of drug-likeness (QED) is 0.562. The molecule has 0 amide bonds. The number of rotatable bonds is 2. The molecule has 7 heteroatoms. The molecule has 2 aliphatic heterocycles. The summed E-state index contributed by atoms with van der Waals surface area (Å²) < 4.78 is 27.1. The van der Waals surface area contributed by atoms with Crippen LogP contribution in [0.15, 0.2) is 0 Å². The molecule has 2 rings (SSSR count). The summed E-state index contributed by atoms with van der Waals surface area (Å²) in [7, 11) is 0. The fraction of sp³-hybridized carbons (Fsp3) is 0.875. The van der Waals surface area contributed by atoms with Gasteiger partial charge in [0.1, 0.15) is 11.8 Å². The van der Waals surface area contributed by atoms with Crippen LogP contribution in [0.5, 0.6) is 0 Å². The third-order valence-electron chi connectivity index (χ3n) is 4.10. The van der Waals surface area contributed by atoms with Crippen LogP contribution >= 0.6 is 0 Å². The predicted octanol–water partition coefficient (Wildman–Crippen LogP) is 1.63. The molecule has 0 spiro atoms. The van der Waals surface area contributed by atoms with Gasteiger partial charge in [0.2, 0.25) is 0 Å². The van der Waals surface area contributed by atoms with E-state index >= 15 is 0 Å². The third-order valence-corrected chi connectivity index (χ3v) is 4.10. The highest BCUT2D eigenvalue weighted by Gasteiger charge is 2.43. The van der Waals surface area contributed by atoms with Gasteiger partial charge in [-0.2, -0.15) is 0 Å². The Balaban J connectivity index is 1.92. The lowest BCUT2D eigenvalue weighted by molar-refractivity contribution is -0.290. The second-order valence-electron chi connectivity index (χ2n) is 7.02. The fourth-order valence-corrected chi connectivity index (χ4v) is 2.75. The monoisotopic (exact) mass is 330 g/mol. The highest BCUT2D eigenvalue weighted by atomic mass is 16.7. The summed E-state index contributed by atoms with van der Waals surface area (Å²) in [6, 6.07) is 0. The highest BCUT2D eigenvalue weighted by Crippen LogP contribution is 2.29. The van der Waals surface area contributed by atoms with E-state index < -0.39 is 47.6 Å². The van der Waals surface area contributed by atoms with E-state index in [4.69, 9.17) is 23.7 Å². The van der Waals surface area contributed by atoms with Gasteiger partial charge in [0.15, 0.2) is 11.6 Å². The van der Waals surface area contributed by atoms with Crippen LogP contribution < -0.4 is 0 Å². The molecule has 23 heavy (non-hydrogen) atoms. The SMILES string of the molecule is CC1OC(C)(C)OCC1C(=O)OC(=O)C1COC(C)(C)OC1C. The van der Waals surface area contributed by atoms with Gasteiger partial charge in [-0.25, -0.2) is 0 Å². The van der Waals surface area contributed by atoms with Gasteiger partial charge in [-0.1, -0.05) is 0 Å². The molecule has 132 valence electrons. The second kappa shape index (κ2) is 6.47. The maximum atomic E-state index is 12.2. The lowest BCUT2D eigenvalue weighted by atomic mass is 10.0. The van der Waals surface area contributed by atoms with Crippen LogP contribution in [-0.4, -0.2) is 48.9 Å². The molecule has 2 fully saturated rings. The Hall–Kier alpha value is -1.02. The minimum atomic E-state index is -0.745. The Bertz CT molecular complexity index is 429. The van der Waals surface area contributed by atoms with Gasteiger partial charge in [-0.05, 0) is 41.5 Å². The van der Waals surface area contributed by atoms with Crippen molar-refractivity contribution >= 4 is 11.9 Å². The molecule has 4 unspecified atom stereocenters. The number of hydrogen-bond acceptors (Lipinski definition) is 7. The smallest absolute Gasteiger partial charge is 0.321 e. The molecule has 7 nitrogen and oxygen atoms in total. The summed E-state index contributed by atoms with van der Waals surface area (Å²) in [5.41, 5.74) is 0. The van der Waals surface area contributed by atoms with E-state index in [0.29, 0.717) is 0 Å². The van der Waals surface area contributed by atoms with E-state index in [1.54, 1.807) is 41.5 Å². The first-order chi connectivity index (χ1) is 10.5. The van der Waals surface area contributed by atoms with E-state index in [0.717, 1.165) is 0 Å². The molecule has 0 aromatic carbocycles. The zero-order valence-electron chi connectivity index (χ0n) is 14.6. The fourth-order valence-electron chi connectivity index (χ4n) is 2.75. The lowest BCUT2D eigenvalue weighted by Gasteiger charge is -2.39. The van der Waals surface area contributed by atoms with Crippen LogP contribution in [0.1, 0.15) is 41.5 Å². The average Bonchev–Trinajstić information content (AvgIpc) is 2.35. The molecule has 0 N–H and O–H groups in total. The van der Waals surface area contributed by atoms with Crippen LogP contribution in [0.2, 0.25) is 0 Å². The molecule has 2 aliphatic rings. The number of esters is 2. The van der Waals surface area contributed by atoms with Gasteiger partial charge in [0, 0.05) is 0 Å². The van der Waals surface area contributed by atoms with Gasteiger partial charge in [0.05, 0.1) is 25.4 Å². The highest BCUT2D eigenvalue weighted by molar-refractivity contribution is 5.88. The van der Waals surface area contributed by atoms with Crippen molar-refractivity contribution in [2.45, 2.75) is 65.3 Å². The maximum Gasteiger partial charge on any atom is 0.321 e. The molecule has 4 atom stereocenters. The van der Waals surface area contributed by atoms with Gasteiger partial charge < -0.3 is 23.7 Å². The van der Waals surface area contributed by atoms with Crippen LogP contribution in [0.25, 0.3) is 0 Å². The standard InChI is InChI=1S/C16H26O7/c1-9-11(7-19-15(3,4)22-9)13(17)21-14(18)12-8-20-16(5,6)23-10(12)2/h9-12H,7-8H2,1-6H3. The molecular formula is C16H26O7. The zero-order chi connectivity index (χ0) is 17.4. The number of carbonyl (C=O) groups excluding carboxylic acids is 2. The van der Waals surface area contributed by atoms with Gasteiger partial charge in [-0.3, -0.25) is 9.59 Å². The Morgan fingerprint density at radius 1 is 0.826 bits per heavy atom. The first-order valence-corrected chi connectivity index (χ1v) is 7.90. The van der Waals surface area contributed by atoms with Gasteiger partial charge in [-0.15, -0.1) is 0 Å². The maximum absolute atomic E-state index is 12.2. The van der Waals surface area contributed by atoms with Crippen LogP contribution in [0.3, 0.4) is 0 Å². The molecule has 2 saturated heterocycles. The summed E-state index contributed by atoms with van der Waals surface area (Å²) in [6.07, 6.45) is -0.788. The summed E-state index contributed by atoms with van der Waals surface area (Å²) in [6.45, 7) is 10.9. The number of ether oxygens (including phenoxy) is 5. The largest absolute Gasteiger partial charge is 0.392 e.